The Morgan fingerprint density at radius 3 is 2.58 bits per heavy atom. The number of hydrogen-bond donors (Lipinski definition) is 1. The molecular formula is C23H23BrN4O2S. The van der Waals surface area contributed by atoms with Crippen LogP contribution in [0.15, 0.2) is 64.6 Å². The lowest BCUT2D eigenvalue weighted by molar-refractivity contribution is -0.115. The second-order valence-electron chi connectivity index (χ2n) is 7.35. The summed E-state index contributed by atoms with van der Waals surface area (Å²) in [5.74, 6) is 0.870. The van der Waals surface area contributed by atoms with Crippen LogP contribution in [-0.2, 0) is 11.2 Å². The van der Waals surface area contributed by atoms with Crippen molar-refractivity contribution in [1.29, 1.82) is 0 Å². The van der Waals surface area contributed by atoms with Gasteiger partial charge in [0.15, 0.2) is 0 Å². The number of carbonyl (C=O) groups excluding carboxylic acids is 2. The monoisotopic (exact) mass is 498 g/mol. The molecule has 31 heavy (non-hydrogen) atoms. The molecule has 0 saturated carbocycles. The molecule has 2 amide bonds. The molecule has 3 heterocycles. The fourth-order valence-corrected chi connectivity index (χ4v) is 4.52. The Labute approximate surface area is 194 Å². The summed E-state index contributed by atoms with van der Waals surface area (Å²) < 4.78 is 0.961. The first kappa shape index (κ1) is 21.5. The van der Waals surface area contributed by atoms with Crippen LogP contribution in [0.25, 0.3) is 0 Å². The van der Waals surface area contributed by atoms with Gasteiger partial charge in [-0.15, -0.1) is 11.3 Å². The number of pyridine rings is 1. The van der Waals surface area contributed by atoms with Crippen LogP contribution in [0.1, 0.15) is 21.7 Å². The minimum atomic E-state index is -0.0473. The molecule has 1 fully saturated rings. The van der Waals surface area contributed by atoms with Gasteiger partial charge in [-0.1, -0.05) is 22.0 Å². The smallest absolute Gasteiger partial charge is 0.253 e. The number of hydrogen-bond acceptors (Lipinski definition) is 5. The Balaban J connectivity index is 1.33. The molecular weight excluding hydrogens is 476 g/mol. The van der Waals surface area contributed by atoms with Gasteiger partial charge in [-0.3, -0.25) is 9.59 Å². The number of rotatable bonds is 5. The predicted molar refractivity (Wildman–Crippen MR) is 128 cm³/mol. The van der Waals surface area contributed by atoms with Crippen LogP contribution in [-0.4, -0.2) is 47.9 Å². The molecule has 1 saturated heterocycles. The molecule has 8 heteroatoms. The highest BCUT2D eigenvalue weighted by atomic mass is 79.9. The number of thiophene rings is 1. The maximum Gasteiger partial charge on any atom is 0.253 e. The van der Waals surface area contributed by atoms with Crippen LogP contribution in [0.3, 0.4) is 0 Å². The van der Waals surface area contributed by atoms with Gasteiger partial charge in [0.25, 0.3) is 5.91 Å². The van der Waals surface area contributed by atoms with E-state index in [0.29, 0.717) is 24.2 Å². The van der Waals surface area contributed by atoms with E-state index in [1.807, 2.05) is 58.8 Å². The standard InChI is InChI=1S/C23H23BrN4O2S/c24-18-6-4-17(5-7-18)23(30)28-11-2-10-27(12-13-28)21-9-8-19(16-25-21)26-22(29)15-20-3-1-14-31-20/h1,3-9,14,16H,2,10-13,15H2,(H,26,29). The van der Waals surface area contributed by atoms with Crippen LogP contribution < -0.4 is 10.2 Å². The second-order valence-corrected chi connectivity index (χ2v) is 9.30. The number of anilines is 2. The summed E-state index contributed by atoms with van der Waals surface area (Å²) in [5, 5.41) is 4.86. The summed E-state index contributed by atoms with van der Waals surface area (Å²) in [6.45, 7) is 2.93. The molecule has 4 rings (SSSR count). The van der Waals surface area contributed by atoms with E-state index in [-0.39, 0.29) is 11.8 Å². The molecule has 1 aliphatic heterocycles. The zero-order chi connectivity index (χ0) is 21.6. The first-order chi connectivity index (χ1) is 15.1. The average Bonchev–Trinajstić information content (AvgIpc) is 3.15. The highest BCUT2D eigenvalue weighted by Gasteiger charge is 2.21. The van der Waals surface area contributed by atoms with Gasteiger partial charge in [0.1, 0.15) is 5.82 Å². The van der Waals surface area contributed by atoms with E-state index in [2.05, 4.69) is 31.1 Å². The highest BCUT2D eigenvalue weighted by molar-refractivity contribution is 9.10. The van der Waals surface area contributed by atoms with E-state index < -0.39 is 0 Å². The first-order valence-corrected chi connectivity index (χ1v) is 11.8. The van der Waals surface area contributed by atoms with Crippen molar-refractivity contribution in [3.63, 3.8) is 0 Å². The summed E-state index contributed by atoms with van der Waals surface area (Å²) in [6.07, 6.45) is 2.94. The molecule has 0 bridgehead atoms. The third-order valence-electron chi connectivity index (χ3n) is 5.14. The SMILES string of the molecule is O=C(Cc1cccs1)Nc1ccc(N2CCCN(C(=O)c3ccc(Br)cc3)CC2)nc1. The molecule has 0 radical (unpaired) electrons. The lowest BCUT2D eigenvalue weighted by Gasteiger charge is -2.23. The zero-order valence-electron chi connectivity index (χ0n) is 17.0. The van der Waals surface area contributed by atoms with E-state index in [1.54, 1.807) is 17.5 Å². The average molecular weight is 499 g/mol. The summed E-state index contributed by atoms with van der Waals surface area (Å²) in [4.78, 5) is 34.6. The van der Waals surface area contributed by atoms with Crippen molar-refractivity contribution in [2.24, 2.45) is 0 Å². The van der Waals surface area contributed by atoms with Gasteiger partial charge < -0.3 is 15.1 Å². The van der Waals surface area contributed by atoms with Gasteiger partial charge in [0, 0.05) is 41.1 Å². The molecule has 1 N–H and O–H groups in total. The molecule has 1 aliphatic rings. The zero-order valence-corrected chi connectivity index (χ0v) is 19.4. The molecule has 160 valence electrons. The molecule has 0 unspecified atom stereocenters. The number of nitrogens with one attached hydrogen (secondary N) is 1. The van der Waals surface area contributed by atoms with Crippen molar-refractivity contribution in [3.8, 4) is 0 Å². The van der Waals surface area contributed by atoms with Crippen molar-refractivity contribution in [2.75, 3.05) is 36.4 Å². The number of carbonyl (C=O) groups is 2. The van der Waals surface area contributed by atoms with Gasteiger partial charge >= 0.3 is 0 Å². The van der Waals surface area contributed by atoms with E-state index >= 15 is 0 Å². The molecule has 0 aliphatic carbocycles. The van der Waals surface area contributed by atoms with E-state index in [9.17, 15) is 9.59 Å². The van der Waals surface area contributed by atoms with Crippen molar-refractivity contribution in [2.45, 2.75) is 12.8 Å². The van der Waals surface area contributed by atoms with Crippen LogP contribution in [0, 0.1) is 0 Å². The predicted octanol–water partition coefficient (Wildman–Crippen LogP) is 4.44. The third kappa shape index (κ3) is 5.71. The number of aromatic nitrogens is 1. The second kappa shape index (κ2) is 10.1. The first-order valence-electron chi connectivity index (χ1n) is 10.2. The number of halogens is 1. The minimum absolute atomic E-state index is 0.0473. The largest absolute Gasteiger partial charge is 0.355 e. The fourth-order valence-electron chi connectivity index (χ4n) is 3.55. The molecule has 0 spiro atoms. The Hall–Kier alpha value is -2.71. The summed E-state index contributed by atoms with van der Waals surface area (Å²) in [6, 6.07) is 15.2. The van der Waals surface area contributed by atoms with Gasteiger partial charge in [0.2, 0.25) is 5.91 Å². The molecule has 0 atom stereocenters. The Morgan fingerprint density at radius 2 is 1.87 bits per heavy atom. The number of amides is 2. The summed E-state index contributed by atoms with van der Waals surface area (Å²) in [5.41, 5.74) is 1.39. The van der Waals surface area contributed by atoms with E-state index in [0.717, 1.165) is 41.2 Å². The summed E-state index contributed by atoms with van der Waals surface area (Å²) >= 11 is 4.98. The van der Waals surface area contributed by atoms with Gasteiger partial charge in [-0.25, -0.2) is 4.98 Å². The molecule has 6 nitrogen and oxygen atoms in total. The number of nitrogens with zero attached hydrogens (tertiary/aromatic N) is 3. The Kier molecular flexibility index (Phi) is 6.99. The van der Waals surface area contributed by atoms with Crippen molar-refractivity contribution < 1.29 is 9.59 Å². The van der Waals surface area contributed by atoms with Gasteiger partial charge in [-0.2, -0.15) is 0 Å². The molecule has 3 aromatic rings. The topological polar surface area (TPSA) is 65.5 Å². The molecule has 1 aromatic carbocycles. The normalized spacial score (nSPS) is 14.2. The Morgan fingerprint density at radius 1 is 1.03 bits per heavy atom. The Bertz CT molecular complexity index is 1020. The van der Waals surface area contributed by atoms with E-state index in [4.69, 9.17) is 0 Å². The maximum absolute atomic E-state index is 12.8. The quantitative estimate of drug-likeness (QED) is 0.564. The number of benzene rings is 1. The van der Waals surface area contributed by atoms with E-state index in [1.165, 1.54) is 0 Å². The van der Waals surface area contributed by atoms with Crippen LogP contribution in [0.2, 0.25) is 0 Å². The lowest BCUT2D eigenvalue weighted by Crippen LogP contribution is -2.35. The van der Waals surface area contributed by atoms with Crippen LogP contribution in [0.5, 0.6) is 0 Å². The van der Waals surface area contributed by atoms with Crippen molar-refractivity contribution in [1.82, 2.24) is 9.88 Å². The van der Waals surface area contributed by atoms with Gasteiger partial charge in [0.05, 0.1) is 18.3 Å². The summed E-state index contributed by atoms with van der Waals surface area (Å²) in [7, 11) is 0. The molecule has 2 aromatic heterocycles. The van der Waals surface area contributed by atoms with Crippen LogP contribution in [0.4, 0.5) is 11.5 Å². The van der Waals surface area contributed by atoms with Crippen molar-refractivity contribution >= 4 is 50.6 Å². The fraction of sp³-hybridized carbons (Fsp3) is 0.261. The lowest BCUT2D eigenvalue weighted by atomic mass is 10.2. The maximum atomic E-state index is 12.8. The third-order valence-corrected chi connectivity index (χ3v) is 6.55. The van der Waals surface area contributed by atoms with Crippen molar-refractivity contribution in [3.05, 3.63) is 75.0 Å². The van der Waals surface area contributed by atoms with Crippen LogP contribution >= 0.6 is 27.3 Å². The van der Waals surface area contributed by atoms with Gasteiger partial charge in [-0.05, 0) is 54.3 Å². The minimum Gasteiger partial charge on any atom is -0.355 e. The highest BCUT2D eigenvalue weighted by Crippen LogP contribution is 2.19.